The van der Waals surface area contributed by atoms with Gasteiger partial charge in [-0.25, -0.2) is 17.9 Å². The van der Waals surface area contributed by atoms with Crippen molar-refractivity contribution in [3.63, 3.8) is 0 Å². The summed E-state index contributed by atoms with van der Waals surface area (Å²) in [4.78, 5) is 11.3. The molecule has 0 saturated heterocycles. The summed E-state index contributed by atoms with van der Waals surface area (Å²) in [5, 5.41) is 4.05. The summed E-state index contributed by atoms with van der Waals surface area (Å²) >= 11 is 6.11. The third kappa shape index (κ3) is 2.73. The number of nitrogens with zero attached hydrogens (tertiary/aromatic N) is 2. The second-order valence-electron chi connectivity index (χ2n) is 4.69. The van der Waals surface area contributed by atoms with Crippen molar-refractivity contribution in [2.45, 2.75) is 0 Å². The maximum Gasteiger partial charge on any atom is 0.160 e. The van der Waals surface area contributed by atoms with Crippen LogP contribution in [0.5, 0.6) is 0 Å². The van der Waals surface area contributed by atoms with Crippen molar-refractivity contribution in [2.24, 2.45) is 0 Å². The Morgan fingerprint density at radius 2 is 1.83 bits per heavy atom. The van der Waals surface area contributed by atoms with Crippen LogP contribution in [0.15, 0.2) is 42.5 Å². The largest absolute Gasteiger partial charge is 0.298 e. The fourth-order valence-corrected chi connectivity index (χ4v) is 2.42. The van der Waals surface area contributed by atoms with E-state index < -0.39 is 17.5 Å². The molecule has 3 nitrogen and oxygen atoms in total. The number of aldehydes is 1. The third-order valence-corrected chi connectivity index (χ3v) is 3.59. The predicted molar refractivity (Wildman–Crippen MR) is 79.3 cm³/mol. The number of halogens is 4. The van der Waals surface area contributed by atoms with Gasteiger partial charge in [-0.1, -0.05) is 23.7 Å². The number of aromatic nitrogens is 2. The smallest absolute Gasteiger partial charge is 0.160 e. The van der Waals surface area contributed by atoms with Gasteiger partial charge in [-0.2, -0.15) is 5.10 Å². The van der Waals surface area contributed by atoms with Crippen LogP contribution in [0.4, 0.5) is 13.2 Å². The molecule has 0 aliphatic heterocycles. The zero-order valence-corrected chi connectivity index (χ0v) is 12.2. The summed E-state index contributed by atoms with van der Waals surface area (Å²) in [7, 11) is 0. The first-order chi connectivity index (χ1) is 11.0. The van der Waals surface area contributed by atoms with Crippen molar-refractivity contribution >= 4 is 17.9 Å². The molecule has 0 saturated carbocycles. The quantitative estimate of drug-likeness (QED) is 0.663. The molecule has 3 aromatic rings. The van der Waals surface area contributed by atoms with Crippen molar-refractivity contribution in [1.82, 2.24) is 9.78 Å². The van der Waals surface area contributed by atoms with Gasteiger partial charge in [0.05, 0.1) is 11.3 Å². The van der Waals surface area contributed by atoms with Crippen LogP contribution in [-0.2, 0) is 0 Å². The number of benzene rings is 2. The summed E-state index contributed by atoms with van der Waals surface area (Å²) in [6.45, 7) is 0. The molecule has 23 heavy (non-hydrogen) atoms. The van der Waals surface area contributed by atoms with E-state index in [9.17, 15) is 18.0 Å². The summed E-state index contributed by atoms with van der Waals surface area (Å²) in [5.74, 6) is -2.59. The van der Waals surface area contributed by atoms with Crippen LogP contribution in [0.2, 0.25) is 5.15 Å². The minimum Gasteiger partial charge on any atom is -0.298 e. The molecule has 3 rings (SSSR count). The zero-order chi connectivity index (χ0) is 16.6. The van der Waals surface area contributed by atoms with Gasteiger partial charge in [0.1, 0.15) is 16.7 Å². The molecule has 7 heteroatoms. The highest BCUT2D eigenvalue weighted by atomic mass is 35.5. The normalized spacial score (nSPS) is 10.8. The number of rotatable bonds is 3. The number of hydrogen-bond acceptors (Lipinski definition) is 2. The molecule has 1 heterocycles. The lowest BCUT2D eigenvalue weighted by Gasteiger charge is -2.03. The van der Waals surface area contributed by atoms with E-state index in [1.54, 1.807) is 6.07 Å². The Hall–Kier alpha value is -2.60. The molecule has 2 aromatic carbocycles. The molecule has 0 aliphatic rings. The molecule has 0 amide bonds. The molecule has 0 fully saturated rings. The summed E-state index contributed by atoms with van der Waals surface area (Å²) < 4.78 is 40.9. The first kappa shape index (κ1) is 15.3. The SMILES string of the molecule is O=Cc1c(-c2cccc(F)c2)nn(-c2ccc(F)c(F)c2)c1Cl. The highest BCUT2D eigenvalue weighted by Gasteiger charge is 2.19. The van der Waals surface area contributed by atoms with Gasteiger partial charge >= 0.3 is 0 Å². The van der Waals surface area contributed by atoms with Crippen LogP contribution in [-0.4, -0.2) is 16.1 Å². The van der Waals surface area contributed by atoms with E-state index in [-0.39, 0.29) is 22.1 Å². The standard InChI is InChI=1S/C16H8ClF3N2O/c17-16-12(8-23)15(9-2-1-3-10(18)6-9)21-22(16)11-4-5-13(19)14(20)7-11/h1-8H. The van der Waals surface area contributed by atoms with E-state index in [0.717, 1.165) is 16.8 Å². The Morgan fingerprint density at radius 1 is 1.04 bits per heavy atom. The minimum atomic E-state index is -1.07. The van der Waals surface area contributed by atoms with Gasteiger partial charge in [-0.15, -0.1) is 0 Å². The molecule has 1 aromatic heterocycles. The zero-order valence-electron chi connectivity index (χ0n) is 11.4. The maximum atomic E-state index is 13.4. The second-order valence-corrected chi connectivity index (χ2v) is 5.05. The molecule has 116 valence electrons. The molecule has 0 aliphatic carbocycles. The Balaban J connectivity index is 2.20. The van der Waals surface area contributed by atoms with Gasteiger partial charge in [0.15, 0.2) is 17.9 Å². The molecule has 0 atom stereocenters. The van der Waals surface area contributed by atoms with Gasteiger partial charge in [0.25, 0.3) is 0 Å². The van der Waals surface area contributed by atoms with Crippen molar-refractivity contribution in [1.29, 1.82) is 0 Å². The molecule has 0 unspecified atom stereocenters. The molecular weight excluding hydrogens is 329 g/mol. The average molecular weight is 337 g/mol. The Bertz CT molecular complexity index is 908. The van der Waals surface area contributed by atoms with Crippen molar-refractivity contribution < 1.29 is 18.0 Å². The molecular formula is C16H8ClF3N2O. The monoisotopic (exact) mass is 336 g/mol. The fourth-order valence-electron chi connectivity index (χ4n) is 2.15. The predicted octanol–water partition coefficient (Wildman–Crippen LogP) is 4.42. The van der Waals surface area contributed by atoms with Gasteiger partial charge in [-0.3, -0.25) is 4.79 Å². The van der Waals surface area contributed by atoms with Crippen LogP contribution < -0.4 is 0 Å². The molecule has 0 bridgehead atoms. The molecule has 0 spiro atoms. The van der Waals surface area contributed by atoms with Crippen molar-refractivity contribution in [3.05, 3.63) is 70.6 Å². The topological polar surface area (TPSA) is 34.9 Å². The lowest BCUT2D eigenvalue weighted by molar-refractivity contribution is 0.112. The lowest BCUT2D eigenvalue weighted by Crippen LogP contribution is -1.98. The fraction of sp³-hybridized carbons (Fsp3) is 0. The minimum absolute atomic E-state index is 0.0296. The van der Waals surface area contributed by atoms with E-state index in [2.05, 4.69) is 5.10 Å². The highest BCUT2D eigenvalue weighted by Crippen LogP contribution is 2.30. The lowest BCUT2D eigenvalue weighted by atomic mass is 10.1. The van der Waals surface area contributed by atoms with Crippen molar-refractivity contribution in [2.75, 3.05) is 0 Å². The van der Waals surface area contributed by atoms with Crippen LogP contribution >= 0.6 is 11.6 Å². The van der Waals surface area contributed by atoms with E-state index in [1.807, 2.05) is 0 Å². The highest BCUT2D eigenvalue weighted by molar-refractivity contribution is 6.32. The van der Waals surface area contributed by atoms with Crippen molar-refractivity contribution in [3.8, 4) is 16.9 Å². The Morgan fingerprint density at radius 3 is 2.48 bits per heavy atom. The first-order valence-electron chi connectivity index (χ1n) is 6.46. The Kier molecular flexibility index (Phi) is 3.92. The summed E-state index contributed by atoms with van der Waals surface area (Å²) in [6, 6.07) is 8.55. The average Bonchev–Trinajstić information content (AvgIpc) is 2.87. The number of carbonyl (C=O) groups excluding carboxylic acids is 1. The van der Waals surface area contributed by atoms with Gasteiger partial charge in [0.2, 0.25) is 0 Å². The van der Waals surface area contributed by atoms with E-state index >= 15 is 0 Å². The number of carbonyl (C=O) groups is 1. The van der Waals surface area contributed by atoms with Gasteiger partial charge < -0.3 is 0 Å². The van der Waals surface area contributed by atoms with Crippen LogP contribution in [0.25, 0.3) is 16.9 Å². The van der Waals surface area contributed by atoms with Crippen LogP contribution in [0, 0.1) is 17.5 Å². The molecule has 0 N–H and O–H groups in total. The third-order valence-electron chi connectivity index (χ3n) is 3.23. The maximum absolute atomic E-state index is 13.4. The van der Waals surface area contributed by atoms with Crippen LogP contribution in [0.3, 0.4) is 0 Å². The van der Waals surface area contributed by atoms with E-state index in [4.69, 9.17) is 11.6 Å². The van der Waals surface area contributed by atoms with Gasteiger partial charge in [0, 0.05) is 11.6 Å². The van der Waals surface area contributed by atoms with E-state index in [1.165, 1.54) is 24.3 Å². The number of hydrogen-bond donors (Lipinski definition) is 0. The van der Waals surface area contributed by atoms with E-state index in [0.29, 0.717) is 11.8 Å². The van der Waals surface area contributed by atoms with Crippen LogP contribution in [0.1, 0.15) is 10.4 Å². The second kappa shape index (κ2) is 5.89. The Labute approximate surface area is 133 Å². The molecule has 0 radical (unpaired) electrons. The first-order valence-corrected chi connectivity index (χ1v) is 6.84. The van der Waals surface area contributed by atoms with Gasteiger partial charge in [-0.05, 0) is 24.3 Å². The summed E-state index contributed by atoms with van der Waals surface area (Å²) in [6.07, 6.45) is 0.478. The summed E-state index contributed by atoms with van der Waals surface area (Å²) in [5.41, 5.74) is 0.659.